The van der Waals surface area contributed by atoms with Crippen molar-refractivity contribution in [3.8, 4) is 0 Å². The van der Waals surface area contributed by atoms with Gasteiger partial charge in [-0.3, -0.25) is 14.9 Å². The van der Waals surface area contributed by atoms with E-state index in [1.54, 1.807) is 6.07 Å². The van der Waals surface area contributed by atoms with Crippen molar-refractivity contribution in [1.29, 1.82) is 0 Å². The first-order chi connectivity index (χ1) is 12.5. The molecular formula is C17H11ClN2O5S. The number of nitrogens with zero attached hydrogens (tertiary/aromatic N) is 1. The Morgan fingerprint density at radius 3 is 2.69 bits per heavy atom. The first kappa shape index (κ1) is 17.8. The number of nitro groups is 1. The number of carbonyl (C=O) groups excluding carboxylic acids is 2. The molecule has 0 aliphatic heterocycles. The molecule has 7 nitrogen and oxygen atoms in total. The third kappa shape index (κ3) is 3.81. The van der Waals surface area contributed by atoms with Crippen LogP contribution in [0.5, 0.6) is 0 Å². The molecule has 0 aliphatic carbocycles. The second-order valence-electron chi connectivity index (χ2n) is 5.17. The fourth-order valence-corrected chi connectivity index (χ4v) is 3.64. The van der Waals surface area contributed by atoms with Gasteiger partial charge in [0, 0.05) is 27.9 Å². The van der Waals surface area contributed by atoms with Crippen molar-refractivity contribution < 1.29 is 19.2 Å². The third-order valence-corrected chi connectivity index (χ3v) is 5.05. The van der Waals surface area contributed by atoms with Crippen LogP contribution in [0.2, 0.25) is 5.02 Å². The Kier molecular flexibility index (Phi) is 5.15. The van der Waals surface area contributed by atoms with E-state index < -0.39 is 23.4 Å². The zero-order valence-corrected chi connectivity index (χ0v) is 14.7. The Hall–Kier alpha value is -2.97. The summed E-state index contributed by atoms with van der Waals surface area (Å²) in [6.07, 6.45) is 0. The van der Waals surface area contributed by atoms with E-state index in [1.807, 2.05) is 18.2 Å². The number of rotatable bonds is 5. The summed E-state index contributed by atoms with van der Waals surface area (Å²) >= 11 is 7.37. The monoisotopic (exact) mass is 390 g/mol. The molecule has 3 rings (SSSR count). The van der Waals surface area contributed by atoms with E-state index in [1.165, 1.54) is 35.6 Å². The fraction of sp³-hybridized carbons (Fsp3) is 0.0588. The number of fused-ring (bicyclic) bond motifs is 1. The zero-order chi connectivity index (χ0) is 18.7. The predicted octanol–water partition coefficient (Wildman–Crippen LogP) is 4.26. The number of hydrogen-bond acceptors (Lipinski definition) is 6. The van der Waals surface area contributed by atoms with E-state index >= 15 is 0 Å². The number of anilines is 1. The third-order valence-electron chi connectivity index (χ3n) is 3.40. The molecule has 1 N–H and O–H groups in total. The predicted molar refractivity (Wildman–Crippen MR) is 98.8 cm³/mol. The normalized spacial score (nSPS) is 10.5. The van der Waals surface area contributed by atoms with Gasteiger partial charge in [-0.2, -0.15) is 0 Å². The summed E-state index contributed by atoms with van der Waals surface area (Å²) in [5.74, 6) is -1.32. The maximum absolute atomic E-state index is 12.2. The number of nitrogens with one attached hydrogen (secondary N) is 1. The molecule has 0 aliphatic rings. The van der Waals surface area contributed by atoms with Gasteiger partial charge >= 0.3 is 5.97 Å². The van der Waals surface area contributed by atoms with Gasteiger partial charge in [0.2, 0.25) is 0 Å². The summed E-state index contributed by atoms with van der Waals surface area (Å²) in [6.45, 7) is -0.536. The lowest BCUT2D eigenvalue weighted by atomic mass is 10.2. The Balaban J connectivity index is 1.63. The lowest BCUT2D eigenvalue weighted by Crippen LogP contribution is -2.20. The van der Waals surface area contributed by atoms with Gasteiger partial charge < -0.3 is 10.1 Å². The van der Waals surface area contributed by atoms with Crippen LogP contribution in [0.3, 0.4) is 0 Å². The van der Waals surface area contributed by atoms with Crippen molar-refractivity contribution in [2.24, 2.45) is 0 Å². The van der Waals surface area contributed by atoms with E-state index in [2.05, 4.69) is 5.32 Å². The highest BCUT2D eigenvalue weighted by atomic mass is 35.5. The highest BCUT2D eigenvalue weighted by molar-refractivity contribution is 7.21. The van der Waals surface area contributed by atoms with Crippen molar-refractivity contribution in [3.05, 3.63) is 68.5 Å². The number of nitro benzene ring substituents is 1. The van der Waals surface area contributed by atoms with Crippen LogP contribution < -0.4 is 5.32 Å². The fourth-order valence-electron chi connectivity index (χ4n) is 2.24. The summed E-state index contributed by atoms with van der Waals surface area (Å²) in [7, 11) is 0. The van der Waals surface area contributed by atoms with E-state index in [0.29, 0.717) is 0 Å². The molecule has 26 heavy (non-hydrogen) atoms. The molecule has 9 heteroatoms. The molecule has 0 spiro atoms. The van der Waals surface area contributed by atoms with Crippen LogP contribution in [0.15, 0.2) is 48.5 Å². The van der Waals surface area contributed by atoms with Crippen LogP contribution in [0, 0.1) is 10.1 Å². The largest absolute Gasteiger partial charge is 0.451 e. The average Bonchev–Trinajstić information content (AvgIpc) is 2.97. The molecule has 0 fully saturated rings. The van der Waals surface area contributed by atoms with Crippen molar-refractivity contribution in [3.63, 3.8) is 0 Å². The van der Waals surface area contributed by atoms with Crippen molar-refractivity contribution in [2.45, 2.75) is 0 Å². The molecule has 1 aromatic heterocycles. The summed E-state index contributed by atoms with van der Waals surface area (Å²) in [5.41, 5.74) is 0.0806. The minimum atomic E-state index is -0.703. The maximum atomic E-state index is 12.2. The number of non-ortho nitro benzene ring substituents is 1. The first-order valence-corrected chi connectivity index (χ1v) is 8.53. The molecule has 0 bridgehead atoms. The van der Waals surface area contributed by atoms with Crippen LogP contribution in [0.4, 0.5) is 11.4 Å². The lowest BCUT2D eigenvalue weighted by Gasteiger charge is -2.06. The topological polar surface area (TPSA) is 98.5 Å². The molecule has 1 amide bonds. The molecule has 0 saturated carbocycles. The highest BCUT2D eigenvalue weighted by Gasteiger charge is 2.19. The van der Waals surface area contributed by atoms with Gasteiger partial charge in [-0.25, -0.2) is 4.79 Å². The van der Waals surface area contributed by atoms with Crippen LogP contribution in [0.1, 0.15) is 9.67 Å². The summed E-state index contributed by atoms with van der Waals surface area (Å²) in [5, 5.41) is 14.2. The number of esters is 1. The molecule has 2 aromatic carbocycles. The van der Waals surface area contributed by atoms with Crippen molar-refractivity contribution in [1.82, 2.24) is 0 Å². The number of halogens is 1. The molecule has 0 radical (unpaired) electrons. The minimum Gasteiger partial charge on any atom is -0.451 e. The molecule has 0 atom stereocenters. The molecule has 0 saturated heterocycles. The minimum absolute atomic E-state index is 0.156. The number of amides is 1. The molecule has 132 valence electrons. The molecule has 1 heterocycles. The van der Waals surface area contributed by atoms with Gasteiger partial charge in [-0.15, -0.1) is 11.3 Å². The van der Waals surface area contributed by atoms with Gasteiger partial charge in [0.1, 0.15) is 4.88 Å². The number of thiophene rings is 1. The standard InChI is InChI=1S/C17H11ClN2O5S/c18-15-12-6-1-2-7-13(12)26-16(15)17(22)25-9-14(21)19-10-4-3-5-11(8-10)20(23)24/h1-8H,9H2,(H,19,21). The van der Waals surface area contributed by atoms with Crippen LogP contribution in [-0.2, 0) is 9.53 Å². The number of carbonyl (C=O) groups is 2. The maximum Gasteiger partial charge on any atom is 0.350 e. The first-order valence-electron chi connectivity index (χ1n) is 7.34. The van der Waals surface area contributed by atoms with Gasteiger partial charge in [-0.1, -0.05) is 35.9 Å². The average molecular weight is 391 g/mol. The van der Waals surface area contributed by atoms with Crippen LogP contribution >= 0.6 is 22.9 Å². The molecule has 0 unspecified atom stereocenters. The smallest absolute Gasteiger partial charge is 0.350 e. The second kappa shape index (κ2) is 7.51. The second-order valence-corrected chi connectivity index (χ2v) is 6.60. The Bertz CT molecular complexity index is 1020. The van der Waals surface area contributed by atoms with E-state index in [0.717, 1.165) is 10.1 Å². The number of ether oxygens (including phenoxy) is 1. The summed E-state index contributed by atoms with van der Waals surface area (Å²) in [4.78, 5) is 34.4. The van der Waals surface area contributed by atoms with E-state index in [-0.39, 0.29) is 21.3 Å². The SMILES string of the molecule is O=C(COC(=O)c1sc2ccccc2c1Cl)Nc1cccc([N+](=O)[O-])c1. The quantitative estimate of drug-likeness (QED) is 0.398. The molecular weight excluding hydrogens is 380 g/mol. The van der Waals surface area contributed by atoms with Crippen molar-refractivity contribution in [2.75, 3.05) is 11.9 Å². The Labute approximate surface area is 156 Å². The number of hydrogen-bond donors (Lipinski definition) is 1. The van der Waals surface area contributed by atoms with Crippen molar-refractivity contribution >= 4 is 56.3 Å². The van der Waals surface area contributed by atoms with Gasteiger partial charge in [0.05, 0.1) is 9.95 Å². The summed E-state index contributed by atoms with van der Waals surface area (Å²) < 4.78 is 5.83. The Morgan fingerprint density at radius 2 is 1.96 bits per heavy atom. The number of benzene rings is 2. The van der Waals surface area contributed by atoms with E-state index in [4.69, 9.17) is 16.3 Å². The zero-order valence-electron chi connectivity index (χ0n) is 13.1. The van der Waals surface area contributed by atoms with Gasteiger partial charge in [-0.05, 0) is 12.1 Å². The van der Waals surface area contributed by atoms with Crippen LogP contribution in [0.25, 0.3) is 10.1 Å². The highest BCUT2D eigenvalue weighted by Crippen LogP contribution is 2.35. The van der Waals surface area contributed by atoms with Crippen LogP contribution in [-0.4, -0.2) is 23.4 Å². The van der Waals surface area contributed by atoms with Gasteiger partial charge in [0.15, 0.2) is 6.61 Å². The molecule has 3 aromatic rings. The van der Waals surface area contributed by atoms with Gasteiger partial charge in [0.25, 0.3) is 11.6 Å². The summed E-state index contributed by atoms with van der Waals surface area (Å²) in [6, 6.07) is 12.7. The lowest BCUT2D eigenvalue weighted by molar-refractivity contribution is -0.384. The van der Waals surface area contributed by atoms with E-state index in [9.17, 15) is 19.7 Å². The Morgan fingerprint density at radius 1 is 1.19 bits per heavy atom.